The van der Waals surface area contributed by atoms with Crippen LogP contribution in [0.3, 0.4) is 0 Å². The van der Waals surface area contributed by atoms with Crippen molar-refractivity contribution in [2.75, 3.05) is 7.05 Å². The average molecular weight is 198 g/mol. The van der Waals surface area contributed by atoms with Crippen LogP contribution in [0.15, 0.2) is 0 Å². The zero-order valence-corrected chi connectivity index (χ0v) is 9.31. The van der Waals surface area contributed by atoms with Gasteiger partial charge in [-0.15, -0.1) is 0 Å². The molecule has 2 atom stereocenters. The van der Waals surface area contributed by atoms with Gasteiger partial charge >= 0.3 is 0 Å². The summed E-state index contributed by atoms with van der Waals surface area (Å²) >= 11 is 0. The van der Waals surface area contributed by atoms with Gasteiger partial charge in [0, 0.05) is 12.0 Å². The Morgan fingerprint density at radius 1 is 1.57 bits per heavy atom. The first kappa shape index (κ1) is 11.5. The molecule has 3 heteroatoms. The van der Waals surface area contributed by atoms with E-state index in [1.165, 1.54) is 19.3 Å². The van der Waals surface area contributed by atoms with E-state index in [2.05, 4.69) is 12.2 Å². The van der Waals surface area contributed by atoms with Crippen LogP contribution < -0.4 is 11.1 Å². The topological polar surface area (TPSA) is 55.1 Å². The van der Waals surface area contributed by atoms with Gasteiger partial charge in [-0.1, -0.05) is 26.2 Å². The van der Waals surface area contributed by atoms with Crippen molar-refractivity contribution in [2.45, 2.75) is 51.0 Å². The van der Waals surface area contributed by atoms with Gasteiger partial charge in [0.2, 0.25) is 5.91 Å². The highest BCUT2D eigenvalue weighted by Crippen LogP contribution is 2.37. The summed E-state index contributed by atoms with van der Waals surface area (Å²) in [6.45, 7) is 2.20. The molecule has 2 unspecified atom stereocenters. The van der Waals surface area contributed by atoms with Crippen molar-refractivity contribution < 1.29 is 4.79 Å². The highest BCUT2D eigenvalue weighted by atomic mass is 16.1. The molecule has 0 bridgehead atoms. The summed E-state index contributed by atoms with van der Waals surface area (Å²) in [7, 11) is 1.96. The van der Waals surface area contributed by atoms with Gasteiger partial charge in [0.25, 0.3) is 0 Å². The summed E-state index contributed by atoms with van der Waals surface area (Å²) in [5.41, 5.74) is 5.31. The standard InChI is InChI=1S/C11H22N2O/c1-3-9-6-4-5-7-11(9,13-2)8-10(12)14/h9,13H,3-8H2,1-2H3,(H2,12,14). The van der Waals surface area contributed by atoms with Crippen LogP contribution >= 0.6 is 0 Å². The Bertz CT molecular complexity index is 205. The van der Waals surface area contributed by atoms with Gasteiger partial charge < -0.3 is 11.1 Å². The Morgan fingerprint density at radius 3 is 2.79 bits per heavy atom. The first-order valence-electron chi connectivity index (χ1n) is 5.62. The monoisotopic (exact) mass is 198 g/mol. The Balaban J connectivity index is 2.75. The van der Waals surface area contributed by atoms with Gasteiger partial charge in [0.15, 0.2) is 0 Å². The molecule has 1 saturated carbocycles. The van der Waals surface area contributed by atoms with Crippen molar-refractivity contribution in [3.05, 3.63) is 0 Å². The molecule has 1 amide bonds. The zero-order valence-electron chi connectivity index (χ0n) is 9.31. The summed E-state index contributed by atoms with van der Waals surface area (Å²) in [5, 5.41) is 3.35. The summed E-state index contributed by atoms with van der Waals surface area (Å²) in [4.78, 5) is 11.1. The van der Waals surface area contributed by atoms with Crippen molar-refractivity contribution in [2.24, 2.45) is 11.7 Å². The molecule has 1 fully saturated rings. The molecule has 3 N–H and O–H groups in total. The molecule has 1 aliphatic rings. The lowest BCUT2D eigenvalue weighted by Gasteiger charge is -2.43. The molecule has 1 rings (SSSR count). The summed E-state index contributed by atoms with van der Waals surface area (Å²) < 4.78 is 0. The van der Waals surface area contributed by atoms with E-state index in [0.29, 0.717) is 12.3 Å². The van der Waals surface area contributed by atoms with E-state index < -0.39 is 0 Å². The Morgan fingerprint density at radius 2 is 2.29 bits per heavy atom. The minimum absolute atomic E-state index is 0.0150. The maximum atomic E-state index is 11.1. The van der Waals surface area contributed by atoms with Gasteiger partial charge in [-0.05, 0) is 25.8 Å². The first-order chi connectivity index (χ1) is 6.64. The molecule has 0 aromatic carbocycles. The van der Waals surface area contributed by atoms with E-state index in [1.807, 2.05) is 7.05 Å². The number of nitrogens with two attached hydrogens (primary N) is 1. The van der Waals surface area contributed by atoms with Crippen LogP contribution in [-0.2, 0) is 4.79 Å². The van der Waals surface area contributed by atoms with Gasteiger partial charge in [-0.25, -0.2) is 0 Å². The average Bonchev–Trinajstić information content (AvgIpc) is 2.17. The summed E-state index contributed by atoms with van der Waals surface area (Å²) in [5.74, 6) is 0.424. The second-order valence-corrected chi connectivity index (χ2v) is 4.40. The maximum absolute atomic E-state index is 11.1. The number of carbonyl (C=O) groups excluding carboxylic acids is 1. The van der Waals surface area contributed by atoms with Crippen molar-refractivity contribution in [1.82, 2.24) is 5.32 Å². The molecule has 1 aliphatic carbocycles. The molecule has 0 aromatic heterocycles. The van der Waals surface area contributed by atoms with Gasteiger partial charge in [0.1, 0.15) is 0 Å². The second kappa shape index (κ2) is 4.78. The lowest BCUT2D eigenvalue weighted by molar-refractivity contribution is -0.120. The third kappa shape index (κ3) is 2.27. The van der Waals surface area contributed by atoms with E-state index in [4.69, 9.17) is 5.73 Å². The largest absolute Gasteiger partial charge is 0.370 e. The Labute approximate surface area is 86.4 Å². The third-order valence-corrected chi connectivity index (χ3v) is 3.69. The van der Waals surface area contributed by atoms with Gasteiger partial charge in [-0.3, -0.25) is 4.79 Å². The molecule has 0 saturated heterocycles. The molecule has 0 heterocycles. The van der Waals surface area contributed by atoms with Crippen LogP contribution in [0.4, 0.5) is 0 Å². The fourth-order valence-corrected chi connectivity index (χ4v) is 2.87. The minimum atomic E-state index is -0.181. The lowest BCUT2D eigenvalue weighted by atomic mass is 9.69. The van der Waals surface area contributed by atoms with E-state index in [9.17, 15) is 4.79 Å². The lowest BCUT2D eigenvalue weighted by Crippen LogP contribution is -2.53. The number of carbonyl (C=O) groups is 1. The highest BCUT2D eigenvalue weighted by molar-refractivity contribution is 5.75. The van der Waals surface area contributed by atoms with Crippen LogP contribution in [0.1, 0.15) is 45.4 Å². The SMILES string of the molecule is CCC1CCCCC1(CC(N)=O)NC. The quantitative estimate of drug-likeness (QED) is 0.718. The maximum Gasteiger partial charge on any atom is 0.219 e. The zero-order chi connectivity index (χ0) is 10.6. The minimum Gasteiger partial charge on any atom is -0.370 e. The second-order valence-electron chi connectivity index (χ2n) is 4.40. The van der Waals surface area contributed by atoms with E-state index in [-0.39, 0.29) is 11.4 Å². The number of rotatable bonds is 4. The fourth-order valence-electron chi connectivity index (χ4n) is 2.87. The molecule has 0 radical (unpaired) electrons. The molecule has 0 spiro atoms. The molecule has 82 valence electrons. The number of amides is 1. The summed E-state index contributed by atoms with van der Waals surface area (Å²) in [6.07, 6.45) is 6.44. The van der Waals surface area contributed by atoms with E-state index in [0.717, 1.165) is 12.8 Å². The number of primary amides is 1. The fraction of sp³-hybridized carbons (Fsp3) is 0.909. The third-order valence-electron chi connectivity index (χ3n) is 3.69. The van der Waals surface area contributed by atoms with Crippen molar-refractivity contribution in [1.29, 1.82) is 0 Å². The highest BCUT2D eigenvalue weighted by Gasteiger charge is 2.39. The number of nitrogens with one attached hydrogen (secondary N) is 1. The van der Waals surface area contributed by atoms with Crippen molar-refractivity contribution in [3.8, 4) is 0 Å². The molecule has 14 heavy (non-hydrogen) atoms. The van der Waals surface area contributed by atoms with Crippen LogP contribution in [-0.4, -0.2) is 18.5 Å². The molecule has 0 aromatic rings. The van der Waals surface area contributed by atoms with Gasteiger partial charge in [0.05, 0.1) is 0 Å². The Hall–Kier alpha value is -0.570. The smallest absolute Gasteiger partial charge is 0.219 e. The predicted octanol–water partition coefficient (Wildman–Crippen LogP) is 1.42. The normalized spacial score (nSPS) is 32.9. The van der Waals surface area contributed by atoms with Crippen LogP contribution in [0, 0.1) is 5.92 Å². The van der Waals surface area contributed by atoms with Crippen LogP contribution in [0.5, 0.6) is 0 Å². The molecular formula is C11H22N2O. The number of hydrogen-bond acceptors (Lipinski definition) is 2. The first-order valence-corrected chi connectivity index (χ1v) is 5.62. The van der Waals surface area contributed by atoms with Crippen LogP contribution in [0.25, 0.3) is 0 Å². The Kier molecular flexibility index (Phi) is 3.93. The van der Waals surface area contributed by atoms with E-state index in [1.54, 1.807) is 0 Å². The van der Waals surface area contributed by atoms with Crippen molar-refractivity contribution in [3.63, 3.8) is 0 Å². The predicted molar refractivity (Wildman–Crippen MR) is 57.9 cm³/mol. The molecule has 0 aliphatic heterocycles. The summed E-state index contributed by atoms with van der Waals surface area (Å²) in [6, 6.07) is 0. The van der Waals surface area contributed by atoms with Crippen LogP contribution in [0.2, 0.25) is 0 Å². The molecule has 3 nitrogen and oxygen atoms in total. The van der Waals surface area contributed by atoms with E-state index >= 15 is 0 Å². The van der Waals surface area contributed by atoms with Crippen molar-refractivity contribution >= 4 is 5.91 Å². The van der Waals surface area contributed by atoms with Gasteiger partial charge in [-0.2, -0.15) is 0 Å². The number of hydrogen-bond donors (Lipinski definition) is 2. The molecular weight excluding hydrogens is 176 g/mol.